The second-order valence-electron chi connectivity index (χ2n) is 5.44. The molecule has 1 heterocycles. The molecule has 0 radical (unpaired) electrons. The van der Waals surface area contributed by atoms with Crippen molar-refractivity contribution in [2.45, 2.75) is 43.4 Å². The fourth-order valence-electron chi connectivity index (χ4n) is 2.91. The van der Waals surface area contributed by atoms with Gasteiger partial charge in [-0.1, -0.05) is 0 Å². The molecule has 0 bridgehead atoms. The number of hydrogen-bond acceptors (Lipinski definition) is 3. The molecule has 2 amide bonds. The third kappa shape index (κ3) is 3.78. The second-order valence-corrected chi connectivity index (χ2v) is 6.58. The van der Waals surface area contributed by atoms with Crippen molar-refractivity contribution in [2.24, 2.45) is 5.92 Å². The molecule has 1 aliphatic carbocycles. The molecule has 1 aliphatic heterocycles. The van der Waals surface area contributed by atoms with Gasteiger partial charge in [-0.2, -0.15) is 11.8 Å². The zero-order chi connectivity index (χ0) is 13.8. The molecular formula is C13H22N2O3S. The van der Waals surface area contributed by atoms with Gasteiger partial charge in [0, 0.05) is 24.4 Å². The number of nitrogens with one attached hydrogen (secondary N) is 1. The monoisotopic (exact) mass is 286 g/mol. The van der Waals surface area contributed by atoms with Crippen molar-refractivity contribution in [3.63, 3.8) is 0 Å². The number of urea groups is 1. The van der Waals surface area contributed by atoms with Gasteiger partial charge in [0.05, 0.1) is 5.92 Å². The maximum atomic E-state index is 12.1. The molecule has 0 spiro atoms. The zero-order valence-corrected chi connectivity index (χ0v) is 12.1. The second kappa shape index (κ2) is 6.50. The van der Waals surface area contributed by atoms with Gasteiger partial charge in [-0.3, -0.25) is 4.79 Å². The molecule has 1 saturated carbocycles. The van der Waals surface area contributed by atoms with Gasteiger partial charge in [0.1, 0.15) is 0 Å². The van der Waals surface area contributed by atoms with Gasteiger partial charge in [-0.05, 0) is 38.4 Å². The van der Waals surface area contributed by atoms with E-state index >= 15 is 0 Å². The van der Waals surface area contributed by atoms with Crippen LogP contribution >= 0.6 is 11.8 Å². The van der Waals surface area contributed by atoms with Crippen molar-refractivity contribution >= 4 is 23.8 Å². The van der Waals surface area contributed by atoms with Gasteiger partial charge in [0.15, 0.2) is 0 Å². The average molecular weight is 286 g/mol. The summed E-state index contributed by atoms with van der Waals surface area (Å²) in [5.74, 6) is -1.19. The Balaban J connectivity index is 1.81. The van der Waals surface area contributed by atoms with Gasteiger partial charge < -0.3 is 15.3 Å². The van der Waals surface area contributed by atoms with E-state index < -0.39 is 11.9 Å². The Bertz CT molecular complexity index is 351. The van der Waals surface area contributed by atoms with Crippen LogP contribution in [0, 0.1) is 5.92 Å². The van der Waals surface area contributed by atoms with Crippen molar-refractivity contribution in [1.29, 1.82) is 0 Å². The molecule has 2 N–H and O–H groups in total. The first-order valence-electron chi connectivity index (χ1n) is 6.91. The highest BCUT2D eigenvalue weighted by atomic mass is 32.2. The number of carboxylic acid groups (broad SMARTS) is 1. The average Bonchev–Trinajstić information content (AvgIpc) is 2.86. The molecule has 0 aromatic heterocycles. The SMILES string of the molecule is CSC1CCC(NC(=O)N2CCC[C@@H](C(=O)O)C2)C1. The van der Waals surface area contributed by atoms with Crippen LogP contribution in [0.4, 0.5) is 4.79 Å². The lowest BCUT2D eigenvalue weighted by atomic mass is 9.99. The van der Waals surface area contributed by atoms with Gasteiger partial charge in [-0.25, -0.2) is 4.79 Å². The number of amides is 2. The van der Waals surface area contributed by atoms with E-state index in [-0.39, 0.29) is 12.1 Å². The summed E-state index contributed by atoms with van der Waals surface area (Å²) in [5.41, 5.74) is 0. The molecular weight excluding hydrogens is 264 g/mol. The van der Waals surface area contributed by atoms with Crippen molar-refractivity contribution < 1.29 is 14.7 Å². The van der Waals surface area contributed by atoms with Crippen LogP contribution in [0.1, 0.15) is 32.1 Å². The Kier molecular flexibility index (Phi) is 4.96. The third-order valence-corrected chi connectivity index (χ3v) is 5.20. The zero-order valence-electron chi connectivity index (χ0n) is 11.3. The number of thioether (sulfide) groups is 1. The first-order valence-corrected chi connectivity index (χ1v) is 8.20. The highest BCUT2D eigenvalue weighted by Gasteiger charge is 2.31. The Morgan fingerprint density at radius 3 is 2.74 bits per heavy atom. The van der Waals surface area contributed by atoms with Crippen LogP contribution < -0.4 is 5.32 Å². The Labute approximate surface area is 118 Å². The van der Waals surface area contributed by atoms with Gasteiger partial charge in [0.25, 0.3) is 0 Å². The van der Waals surface area contributed by atoms with Crippen LogP contribution in [0.25, 0.3) is 0 Å². The van der Waals surface area contributed by atoms with Crippen molar-refractivity contribution in [3.8, 4) is 0 Å². The largest absolute Gasteiger partial charge is 0.481 e. The summed E-state index contributed by atoms with van der Waals surface area (Å²) < 4.78 is 0. The smallest absolute Gasteiger partial charge is 0.317 e. The van der Waals surface area contributed by atoms with E-state index in [0.717, 1.165) is 25.7 Å². The number of carbonyl (C=O) groups excluding carboxylic acids is 1. The van der Waals surface area contributed by atoms with Crippen LogP contribution in [0.5, 0.6) is 0 Å². The molecule has 6 heteroatoms. The molecule has 2 rings (SSSR count). The summed E-state index contributed by atoms with van der Waals surface area (Å²) in [5, 5.41) is 12.7. The van der Waals surface area contributed by atoms with Gasteiger partial charge in [-0.15, -0.1) is 0 Å². The van der Waals surface area contributed by atoms with Crippen LogP contribution in [0.2, 0.25) is 0 Å². The number of likely N-dealkylation sites (tertiary alicyclic amines) is 1. The molecule has 2 aliphatic rings. The van der Waals surface area contributed by atoms with E-state index in [9.17, 15) is 9.59 Å². The maximum Gasteiger partial charge on any atom is 0.317 e. The first kappa shape index (κ1) is 14.5. The summed E-state index contributed by atoms with van der Waals surface area (Å²) in [4.78, 5) is 24.8. The number of carboxylic acids is 1. The van der Waals surface area contributed by atoms with E-state index in [0.29, 0.717) is 24.8 Å². The molecule has 2 unspecified atom stereocenters. The normalized spacial score (nSPS) is 31.2. The molecule has 3 atom stereocenters. The van der Waals surface area contributed by atoms with E-state index in [1.807, 2.05) is 11.8 Å². The number of rotatable bonds is 3. The van der Waals surface area contributed by atoms with Crippen molar-refractivity contribution in [3.05, 3.63) is 0 Å². The predicted molar refractivity (Wildman–Crippen MR) is 75.4 cm³/mol. The lowest BCUT2D eigenvalue weighted by Crippen LogP contribution is -2.49. The Morgan fingerprint density at radius 1 is 1.32 bits per heavy atom. The highest BCUT2D eigenvalue weighted by Crippen LogP contribution is 2.28. The number of nitrogens with zero attached hydrogens (tertiary/aromatic N) is 1. The Hall–Kier alpha value is -0.910. The van der Waals surface area contributed by atoms with E-state index in [4.69, 9.17) is 5.11 Å². The summed E-state index contributed by atoms with van der Waals surface area (Å²) >= 11 is 1.86. The minimum Gasteiger partial charge on any atom is -0.481 e. The lowest BCUT2D eigenvalue weighted by Gasteiger charge is -2.31. The Morgan fingerprint density at radius 2 is 2.11 bits per heavy atom. The highest BCUT2D eigenvalue weighted by molar-refractivity contribution is 7.99. The first-order chi connectivity index (χ1) is 9.10. The van der Waals surface area contributed by atoms with Gasteiger partial charge in [0.2, 0.25) is 0 Å². The van der Waals surface area contributed by atoms with E-state index in [2.05, 4.69) is 11.6 Å². The standard InChI is InChI=1S/C13H22N2O3S/c1-19-11-5-4-10(7-11)14-13(18)15-6-2-3-9(8-15)12(16)17/h9-11H,2-8H2,1H3,(H,14,18)(H,16,17)/t9-,10?,11?/m1/s1. The van der Waals surface area contributed by atoms with Crippen LogP contribution in [-0.4, -0.2) is 52.6 Å². The number of hydrogen-bond donors (Lipinski definition) is 2. The fourth-order valence-corrected chi connectivity index (χ4v) is 3.71. The van der Waals surface area contributed by atoms with Crippen molar-refractivity contribution in [2.75, 3.05) is 19.3 Å². The molecule has 5 nitrogen and oxygen atoms in total. The van der Waals surface area contributed by atoms with Crippen LogP contribution in [0.15, 0.2) is 0 Å². The van der Waals surface area contributed by atoms with Crippen LogP contribution in [0.3, 0.4) is 0 Å². The quantitative estimate of drug-likeness (QED) is 0.829. The topological polar surface area (TPSA) is 69.6 Å². The summed E-state index contributed by atoms with van der Waals surface area (Å²) in [6, 6.07) is 0.174. The minimum atomic E-state index is -0.791. The lowest BCUT2D eigenvalue weighted by molar-refractivity contribution is -0.143. The molecule has 19 heavy (non-hydrogen) atoms. The molecule has 1 saturated heterocycles. The maximum absolute atomic E-state index is 12.1. The molecule has 0 aromatic carbocycles. The minimum absolute atomic E-state index is 0.0855. The van der Waals surface area contributed by atoms with Gasteiger partial charge >= 0.3 is 12.0 Å². The number of piperidine rings is 1. The summed E-state index contributed by atoms with van der Waals surface area (Å²) in [7, 11) is 0. The number of carbonyl (C=O) groups is 2. The van der Waals surface area contributed by atoms with E-state index in [1.54, 1.807) is 4.90 Å². The van der Waals surface area contributed by atoms with Crippen LogP contribution in [-0.2, 0) is 4.79 Å². The summed E-state index contributed by atoms with van der Waals surface area (Å²) in [6.45, 7) is 1.02. The fraction of sp³-hybridized carbons (Fsp3) is 0.846. The predicted octanol–water partition coefficient (Wildman–Crippen LogP) is 1.78. The molecule has 2 fully saturated rings. The van der Waals surface area contributed by atoms with Crippen molar-refractivity contribution in [1.82, 2.24) is 10.2 Å². The summed E-state index contributed by atoms with van der Waals surface area (Å²) in [6.07, 6.45) is 6.79. The number of aliphatic carboxylic acids is 1. The third-order valence-electron chi connectivity index (χ3n) is 4.10. The van der Waals surface area contributed by atoms with E-state index in [1.165, 1.54) is 0 Å². The molecule has 0 aromatic rings. The molecule has 108 valence electrons.